The molecule has 0 aromatic heterocycles. The Balaban J connectivity index is 2.65. The first-order valence-electron chi connectivity index (χ1n) is 6.11. The predicted molar refractivity (Wildman–Crippen MR) is 74.6 cm³/mol. The van der Waals surface area contributed by atoms with Gasteiger partial charge in [0, 0.05) is 19.7 Å². The Morgan fingerprint density at radius 1 is 1.33 bits per heavy atom. The molecule has 0 saturated heterocycles. The van der Waals surface area contributed by atoms with E-state index in [2.05, 4.69) is 0 Å². The van der Waals surface area contributed by atoms with E-state index in [0.717, 1.165) is 11.3 Å². The van der Waals surface area contributed by atoms with Gasteiger partial charge in [-0.1, -0.05) is 24.3 Å². The van der Waals surface area contributed by atoms with Crippen molar-refractivity contribution in [3.63, 3.8) is 0 Å². The number of amides is 1. The number of para-hydroxylation sites is 1. The van der Waals surface area contributed by atoms with E-state index in [-0.39, 0.29) is 5.91 Å². The van der Waals surface area contributed by atoms with Gasteiger partial charge in [-0.05, 0) is 25.5 Å². The lowest BCUT2D eigenvalue weighted by Gasteiger charge is -2.13. The van der Waals surface area contributed by atoms with Crippen LogP contribution in [0.2, 0.25) is 0 Å². The molecule has 0 heterocycles. The summed E-state index contributed by atoms with van der Waals surface area (Å²) in [4.78, 5) is 13.0. The quantitative estimate of drug-likeness (QED) is 0.800. The van der Waals surface area contributed by atoms with Crippen LogP contribution in [0.4, 0.5) is 0 Å². The lowest BCUT2D eigenvalue weighted by Crippen LogP contribution is -2.23. The highest BCUT2D eigenvalue weighted by atomic mass is 16.5. The summed E-state index contributed by atoms with van der Waals surface area (Å²) in [5.41, 5.74) is 2.25. The molecule has 0 radical (unpaired) electrons. The number of benzene rings is 1. The molecule has 1 aromatic carbocycles. The molecule has 0 saturated carbocycles. The minimum atomic E-state index is 0.0789. The molecule has 0 fully saturated rings. The molecule has 98 valence electrons. The van der Waals surface area contributed by atoms with Gasteiger partial charge in [0.25, 0.3) is 0 Å². The van der Waals surface area contributed by atoms with Gasteiger partial charge < -0.3 is 9.64 Å². The van der Waals surface area contributed by atoms with E-state index in [1.54, 1.807) is 19.0 Å². The molecule has 0 aliphatic carbocycles. The summed E-state index contributed by atoms with van der Waals surface area (Å²) in [5, 5.41) is 0. The van der Waals surface area contributed by atoms with Crippen LogP contribution in [0.3, 0.4) is 0 Å². The molecule has 3 heteroatoms. The Morgan fingerprint density at radius 3 is 2.61 bits per heavy atom. The summed E-state index contributed by atoms with van der Waals surface area (Å²) >= 11 is 0. The molecule has 1 rings (SSSR count). The van der Waals surface area contributed by atoms with Gasteiger partial charge in [-0.25, -0.2) is 0 Å². The maximum Gasteiger partial charge on any atom is 0.225 e. The van der Waals surface area contributed by atoms with Crippen molar-refractivity contribution >= 4 is 11.5 Å². The van der Waals surface area contributed by atoms with Crippen LogP contribution in [-0.4, -0.2) is 31.5 Å². The molecule has 0 spiro atoms. The van der Waals surface area contributed by atoms with Gasteiger partial charge in [0.1, 0.15) is 5.75 Å². The van der Waals surface area contributed by atoms with E-state index >= 15 is 0 Å². The first-order chi connectivity index (χ1) is 8.56. The summed E-state index contributed by atoms with van der Waals surface area (Å²) in [6.45, 7) is 4.46. The number of carbonyl (C=O) groups excluding carboxylic acids is 1. The third-order valence-corrected chi connectivity index (χ3v) is 2.82. The van der Waals surface area contributed by atoms with Gasteiger partial charge in [0.2, 0.25) is 5.91 Å². The molecule has 0 N–H and O–H groups in total. The van der Waals surface area contributed by atoms with Crippen LogP contribution in [-0.2, 0) is 4.79 Å². The lowest BCUT2D eigenvalue weighted by molar-refractivity contribution is -0.129. The summed E-state index contributed by atoms with van der Waals surface area (Å²) in [6.07, 6.45) is 2.45. The fourth-order valence-electron chi connectivity index (χ4n) is 1.55. The van der Waals surface area contributed by atoms with Gasteiger partial charge >= 0.3 is 0 Å². The van der Waals surface area contributed by atoms with Gasteiger partial charge in [0.15, 0.2) is 0 Å². The zero-order chi connectivity index (χ0) is 13.5. The Labute approximate surface area is 109 Å². The third-order valence-electron chi connectivity index (χ3n) is 2.82. The maximum atomic E-state index is 11.4. The molecule has 3 nitrogen and oxygen atoms in total. The van der Waals surface area contributed by atoms with E-state index < -0.39 is 0 Å². The van der Waals surface area contributed by atoms with Gasteiger partial charge in [0.05, 0.1) is 13.0 Å². The largest absolute Gasteiger partial charge is 0.492 e. The van der Waals surface area contributed by atoms with E-state index in [1.165, 1.54) is 5.57 Å². The fraction of sp³-hybridized carbons (Fsp3) is 0.400. The Bertz CT molecular complexity index is 436. The van der Waals surface area contributed by atoms with Crippen molar-refractivity contribution in [2.45, 2.75) is 20.3 Å². The second kappa shape index (κ2) is 6.84. The van der Waals surface area contributed by atoms with E-state index in [4.69, 9.17) is 4.74 Å². The molecule has 1 amide bonds. The van der Waals surface area contributed by atoms with Crippen LogP contribution in [0.15, 0.2) is 30.3 Å². The monoisotopic (exact) mass is 247 g/mol. The van der Waals surface area contributed by atoms with Crippen molar-refractivity contribution < 1.29 is 9.53 Å². The Hall–Kier alpha value is -1.77. The van der Waals surface area contributed by atoms with Crippen molar-refractivity contribution in [2.75, 3.05) is 20.7 Å². The number of rotatable bonds is 5. The molecule has 0 bridgehead atoms. The van der Waals surface area contributed by atoms with E-state index in [0.29, 0.717) is 13.0 Å². The average Bonchev–Trinajstić information content (AvgIpc) is 2.38. The number of carbonyl (C=O) groups is 1. The highest BCUT2D eigenvalue weighted by molar-refractivity contribution is 5.75. The van der Waals surface area contributed by atoms with Crippen LogP contribution in [0.1, 0.15) is 25.8 Å². The molecular weight excluding hydrogens is 226 g/mol. The molecule has 0 aliphatic heterocycles. The van der Waals surface area contributed by atoms with Crippen LogP contribution in [0.25, 0.3) is 5.57 Å². The minimum absolute atomic E-state index is 0.0789. The summed E-state index contributed by atoms with van der Waals surface area (Å²) < 4.78 is 5.69. The van der Waals surface area contributed by atoms with E-state index in [1.807, 2.05) is 44.2 Å². The number of allylic oxidation sites excluding steroid dienone is 2. The molecule has 1 aromatic rings. The van der Waals surface area contributed by atoms with Crippen molar-refractivity contribution in [3.05, 3.63) is 35.9 Å². The summed E-state index contributed by atoms with van der Waals surface area (Å²) in [7, 11) is 3.50. The molecule has 0 aliphatic rings. The van der Waals surface area contributed by atoms with Crippen molar-refractivity contribution in [3.8, 4) is 5.75 Å². The summed E-state index contributed by atoms with van der Waals surface area (Å²) in [6, 6.07) is 7.89. The van der Waals surface area contributed by atoms with Crippen LogP contribution >= 0.6 is 0 Å². The number of hydrogen-bond acceptors (Lipinski definition) is 2. The summed E-state index contributed by atoms with van der Waals surface area (Å²) in [5.74, 6) is 0.912. The normalized spacial score (nSPS) is 11.2. The number of ether oxygens (including phenoxy) is 1. The number of hydrogen-bond donors (Lipinski definition) is 0. The second-order valence-electron chi connectivity index (χ2n) is 4.35. The minimum Gasteiger partial charge on any atom is -0.492 e. The first kappa shape index (κ1) is 14.3. The fourth-order valence-corrected chi connectivity index (χ4v) is 1.55. The van der Waals surface area contributed by atoms with Gasteiger partial charge in [-0.3, -0.25) is 4.79 Å². The van der Waals surface area contributed by atoms with Crippen molar-refractivity contribution in [1.29, 1.82) is 0 Å². The van der Waals surface area contributed by atoms with E-state index in [9.17, 15) is 4.79 Å². The Morgan fingerprint density at radius 2 is 2.00 bits per heavy atom. The lowest BCUT2D eigenvalue weighted by atomic mass is 10.1. The zero-order valence-corrected chi connectivity index (χ0v) is 11.6. The van der Waals surface area contributed by atoms with Gasteiger partial charge in [-0.15, -0.1) is 0 Å². The smallest absolute Gasteiger partial charge is 0.225 e. The maximum absolute atomic E-state index is 11.4. The first-order valence-corrected chi connectivity index (χ1v) is 6.11. The van der Waals surface area contributed by atoms with Crippen LogP contribution < -0.4 is 4.74 Å². The van der Waals surface area contributed by atoms with Crippen LogP contribution in [0, 0.1) is 0 Å². The predicted octanol–water partition coefficient (Wildman–Crippen LogP) is 2.97. The third kappa shape index (κ3) is 3.91. The number of nitrogens with zero attached hydrogens (tertiary/aromatic N) is 1. The molecule has 18 heavy (non-hydrogen) atoms. The Kier molecular flexibility index (Phi) is 5.43. The zero-order valence-electron chi connectivity index (χ0n) is 11.6. The van der Waals surface area contributed by atoms with Crippen molar-refractivity contribution in [1.82, 2.24) is 4.90 Å². The highest BCUT2D eigenvalue weighted by Crippen LogP contribution is 2.25. The standard InChI is InChI=1S/C15H21NO2/c1-5-12(2)13-8-6-7-9-14(13)18-11-10-15(17)16(3)4/h5-9H,10-11H2,1-4H3. The van der Waals surface area contributed by atoms with Crippen molar-refractivity contribution in [2.24, 2.45) is 0 Å². The molecule has 0 unspecified atom stereocenters. The average molecular weight is 247 g/mol. The van der Waals surface area contributed by atoms with Gasteiger partial charge in [-0.2, -0.15) is 0 Å². The van der Waals surface area contributed by atoms with Crippen LogP contribution in [0.5, 0.6) is 5.75 Å². The molecule has 0 atom stereocenters. The molecular formula is C15H21NO2. The second-order valence-corrected chi connectivity index (χ2v) is 4.35. The topological polar surface area (TPSA) is 29.5 Å². The highest BCUT2D eigenvalue weighted by Gasteiger charge is 2.07. The SMILES string of the molecule is CC=C(C)c1ccccc1OCCC(=O)N(C)C.